The van der Waals surface area contributed by atoms with Crippen LogP contribution in [0, 0.1) is 5.92 Å². The Balaban J connectivity index is 2.22. The molecule has 0 saturated carbocycles. The second-order valence-electron chi connectivity index (χ2n) is 7.87. The second-order valence-corrected chi connectivity index (χ2v) is 7.87. The average Bonchev–Trinajstić information content (AvgIpc) is 2.81. The molecule has 1 atom stereocenters. The lowest BCUT2D eigenvalue weighted by molar-refractivity contribution is -0.143. The van der Waals surface area contributed by atoms with Crippen molar-refractivity contribution in [3.05, 3.63) is 54.1 Å². The summed E-state index contributed by atoms with van der Waals surface area (Å²) in [4.78, 5) is 27.7. The van der Waals surface area contributed by atoms with Crippen molar-refractivity contribution in [3.63, 3.8) is 0 Å². The van der Waals surface area contributed by atoms with Crippen molar-refractivity contribution in [2.24, 2.45) is 5.92 Å². The molecule has 0 saturated heterocycles. The number of hydrogen-bond donors (Lipinski definition) is 1. The molecule has 0 aliphatic heterocycles. The first kappa shape index (κ1) is 25.0. The summed E-state index contributed by atoms with van der Waals surface area (Å²) in [6.07, 6.45) is 0.487. The lowest BCUT2D eigenvalue weighted by Crippen LogP contribution is -2.50. The van der Waals surface area contributed by atoms with Crippen LogP contribution in [0.15, 0.2) is 48.5 Å². The molecular weight excluding hydrogens is 408 g/mol. The molecule has 7 nitrogen and oxygen atoms in total. The van der Waals surface area contributed by atoms with Gasteiger partial charge in [-0.25, -0.2) is 0 Å². The third-order valence-corrected chi connectivity index (χ3v) is 5.00. The first-order valence-electron chi connectivity index (χ1n) is 10.9. The molecule has 7 heteroatoms. The second kappa shape index (κ2) is 12.6. The molecular formula is C25H34N2O5. The monoisotopic (exact) mass is 442 g/mol. The van der Waals surface area contributed by atoms with Gasteiger partial charge in [0.2, 0.25) is 5.91 Å². The van der Waals surface area contributed by atoms with E-state index < -0.39 is 6.04 Å². The maximum Gasteiger partial charge on any atom is 0.261 e. The molecule has 2 rings (SSSR count). The van der Waals surface area contributed by atoms with Gasteiger partial charge in [0, 0.05) is 13.1 Å². The molecule has 0 unspecified atom stereocenters. The summed E-state index contributed by atoms with van der Waals surface area (Å²) >= 11 is 0. The fraction of sp³-hybridized carbons (Fsp3) is 0.440. The van der Waals surface area contributed by atoms with E-state index in [1.165, 1.54) is 0 Å². The Morgan fingerprint density at radius 3 is 2.19 bits per heavy atom. The highest BCUT2D eigenvalue weighted by Crippen LogP contribution is 2.26. The van der Waals surface area contributed by atoms with E-state index >= 15 is 0 Å². The number of hydrogen-bond acceptors (Lipinski definition) is 5. The Labute approximate surface area is 190 Å². The molecule has 0 aliphatic carbocycles. The summed E-state index contributed by atoms with van der Waals surface area (Å²) in [5, 5.41) is 2.95. The van der Waals surface area contributed by atoms with Crippen molar-refractivity contribution in [1.82, 2.24) is 10.2 Å². The van der Waals surface area contributed by atoms with E-state index in [9.17, 15) is 9.59 Å². The lowest BCUT2D eigenvalue weighted by Gasteiger charge is -2.31. The SMILES string of the molecule is CC[C@H](C(=O)NCC(C)C)N(Cc1ccc(OC)cc1)C(=O)COc1ccccc1OC. The molecule has 2 aromatic rings. The first-order valence-corrected chi connectivity index (χ1v) is 10.9. The summed E-state index contributed by atoms with van der Waals surface area (Å²) in [5.74, 6) is 1.62. The van der Waals surface area contributed by atoms with Crippen LogP contribution in [0.4, 0.5) is 0 Å². The number of para-hydroxylation sites is 2. The minimum absolute atomic E-state index is 0.166. The third-order valence-electron chi connectivity index (χ3n) is 5.00. The van der Waals surface area contributed by atoms with Gasteiger partial charge in [-0.05, 0) is 42.2 Å². The Morgan fingerprint density at radius 2 is 1.62 bits per heavy atom. The average molecular weight is 443 g/mol. The quantitative estimate of drug-likeness (QED) is 0.543. The van der Waals surface area contributed by atoms with E-state index in [1.54, 1.807) is 31.3 Å². The minimum Gasteiger partial charge on any atom is -0.497 e. The zero-order valence-electron chi connectivity index (χ0n) is 19.6. The van der Waals surface area contributed by atoms with Crippen LogP contribution in [-0.4, -0.2) is 50.1 Å². The third kappa shape index (κ3) is 7.18. The predicted octanol–water partition coefficient (Wildman–Crippen LogP) is 3.66. The van der Waals surface area contributed by atoms with Gasteiger partial charge in [0.15, 0.2) is 18.1 Å². The van der Waals surface area contributed by atoms with Gasteiger partial charge >= 0.3 is 0 Å². The number of carbonyl (C=O) groups is 2. The Kier molecular flexibility index (Phi) is 9.85. The fourth-order valence-corrected chi connectivity index (χ4v) is 3.23. The topological polar surface area (TPSA) is 77.1 Å². The molecule has 32 heavy (non-hydrogen) atoms. The van der Waals surface area contributed by atoms with Gasteiger partial charge in [0.1, 0.15) is 11.8 Å². The van der Waals surface area contributed by atoms with Crippen LogP contribution >= 0.6 is 0 Å². The molecule has 0 radical (unpaired) electrons. The standard InChI is InChI=1S/C25H34N2O5/c1-6-21(25(29)26-15-18(2)3)27(16-19-11-13-20(30-4)14-12-19)24(28)17-32-23-10-8-7-9-22(23)31-5/h7-14,18,21H,6,15-17H2,1-5H3,(H,26,29)/t21-/m1/s1. The summed E-state index contributed by atoms with van der Waals surface area (Å²) in [7, 11) is 3.15. The molecule has 2 amide bonds. The summed E-state index contributed by atoms with van der Waals surface area (Å²) in [5.41, 5.74) is 0.895. The summed E-state index contributed by atoms with van der Waals surface area (Å²) in [6, 6.07) is 14.0. The van der Waals surface area contributed by atoms with Crippen molar-refractivity contribution >= 4 is 11.8 Å². The zero-order chi connectivity index (χ0) is 23.5. The maximum absolute atomic E-state index is 13.2. The molecule has 0 fully saturated rings. The minimum atomic E-state index is -0.607. The number of methoxy groups -OCH3 is 2. The van der Waals surface area contributed by atoms with E-state index in [2.05, 4.69) is 5.32 Å². The molecule has 0 heterocycles. The number of nitrogens with one attached hydrogen (secondary N) is 1. The van der Waals surface area contributed by atoms with E-state index in [0.717, 1.165) is 11.3 Å². The van der Waals surface area contributed by atoms with Crippen LogP contribution in [0.3, 0.4) is 0 Å². The lowest BCUT2D eigenvalue weighted by atomic mass is 10.1. The van der Waals surface area contributed by atoms with Gasteiger partial charge in [-0.1, -0.05) is 45.0 Å². The van der Waals surface area contributed by atoms with Gasteiger partial charge in [0.05, 0.1) is 14.2 Å². The molecule has 0 bridgehead atoms. The van der Waals surface area contributed by atoms with Crippen LogP contribution in [0.25, 0.3) is 0 Å². The van der Waals surface area contributed by atoms with Crippen LogP contribution in [0.2, 0.25) is 0 Å². The van der Waals surface area contributed by atoms with E-state index in [0.29, 0.717) is 30.4 Å². The smallest absolute Gasteiger partial charge is 0.261 e. The number of nitrogens with zero attached hydrogens (tertiary/aromatic N) is 1. The molecule has 174 valence electrons. The molecule has 1 N–H and O–H groups in total. The van der Waals surface area contributed by atoms with Gasteiger partial charge < -0.3 is 24.4 Å². The molecule has 2 aromatic carbocycles. The van der Waals surface area contributed by atoms with E-state index in [4.69, 9.17) is 14.2 Å². The normalized spacial score (nSPS) is 11.6. The summed E-state index contributed by atoms with van der Waals surface area (Å²) < 4.78 is 16.3. The van der Waals surface area contributed by atoms with Crippen molar-refractivity contribution in [1.29, 1.82) is 0 Å². The van der Waals surface area contributed by atoms with Crippen molar-refractivity contribution in [3.8, 4) is 17.2 Å². The number of benzene rings is 2. The van der Waals surface area contributed by atoms with Gasteiger partial charge in [-0.3, -0.25) is 9.59 Å². The van der Waals surface area contributed by atoms with Crippen LogP contribution in [0.5, 0.6) is 17.2 Å². The van der Waals surface area contributed by atoms with E-state index in [-0.39, 0.29) is 25.0 Å². The number of amides is 2. The van der Waals surface area contributed by atoms with Crippen LogP contribution in [-0.2, 0) is 16.1 Å². The molecule has 0 aromatic heterocycles. The fourth-order valence-electron chi connectivity index (χ4n) is 3.23. The van der Waals surface area contributed by atoms with Gasteiger partial charge in [0.25, 0.3) is 5.91 Å². The molecule has 0 aliphatic rings. The zero-order valence-corrected chi connectivity index (χ0v) is 19.6. The maximum atomic E-state index is 13.2. The van der Waals surface area contributed by atoms with Crippen LogP contribution in [0.1, 0.15) is 32.8 Å². The highest BCUT2D eigenvalue weighted by molar-refractivity contribution is 5.88. The Hall–Kier alpha value is -3.22. The Bertz CT molecular complexity index is 867. The molecule has 0 spiro atoms. The Morgan fingerprint density at radius 1 is 0.969 bits per heavy atom. The van der Waals surface area contributed by atoms with Gasteiger partial charge in [-0.15, -0.1) is 0 Å². The van der Waals surface area contributed by atoms with Gasteiger partial charge in [-0.2, -0.15) is 0 Å². The number of ether oxygens (including phenoxy) is 3. The number of carbonyl (C=O) groups excluding carboxylic acids is 2. The van der Waals surface area contributed by atoms with E-state index in [1.807, 2.05) is 57.2 Å². The highest BCUT2D eigenvalue weighted by Gasteiger charge is 2.29. The number of rotatable bonds is 12. The van der Waals surface area contributed by atoms with Crippen molar-refractivity contribution < 1.29 is 23.8 Å². The largest absolute Gasteiger partial charge is 0.497 e. The van der Waals surface area contributed by atoms with Crippen LogP contribution < -0.4 is 19.5 Å². The van der Waals surface area contributed by atoms with Crippen molar-refractivity contribution in [2.75, 3.05) is 27.4 Å². The first-order chi connectivity index (χ1) is 15.4. The summed E-state index contributed by atoms with van der Waals surface area (Å²) in [6.45, 7) is 6.59. The van der Waals surface area contributed by atoms with Crippen molar-refractivity contribution in [2.45, 2.75) is 39.8 Å². The predicted molar refractivity (Wildman–Crippen MR) is 124 cm³/mol. The highest BCUT2D eigenvalue weighted by atomic mass is 16.5.